The number of hydrogen-bond donors (Lipinski definition) is 2. The molecular formula is C15H29N3O2. The van der Waals surface area contributed by atoms with Crippen LogP contribution in [0, 0.1) is 5.92 Å². The molecule has 2 amide bonds. The third-order valence-electron chi connectivity index (χ3n) is 3.66. The highest BCUT2D eigenvalue weighted by atomic mass is 16.2. The highest BCUT2D eigenvalue weighted by Gasteiger charge is 2.30. The van der Waals surface area contributed by atoms with Crippen LogP contribution in [0.25, 0.3) is 0 Å². The van der Waals surface area contributed by atoms with Crippen LogP contribution in [-0.2, 0) is 9.59 Å². The molecule has 2 atom stereocenters. The van der Waals surface area contributed by atoms with Gasteiger partial charge in [0.1, 0.15) is 0 Å². The van der Waals surface area contributed by atoms with Crippen LogP contribution in [0.1, 0.15) is 52.9 Å². The standard InChI is InChI=1S/C15H29N3O2/c1-15(2,3)17-13(19)10-18(4)14(20)11-8-6-5-7-9-12(11)16/h11-12H,5-10,16H2,1-4H3,(H,17,19). The van der Waals surface area contributed by atoms with Crippen LogP contribution in [0.15, 0.2) is 0 Å². The van der Waals surface area contributed by atoms with Crippen molar-refractivity contribution < 1.29 is 9.59 Å². The van der Waals surface area contributed by atoms with E-state index in [0.717, 1.165) is 32.1 Å². The third kappa shape index (κ3) is 5.49. The van der Waals surface area contributed by atoms with Gasteiger partial charge in [-0.25, -0.2) is 0 Å². The Morgan fingerprint density at radius 1 is 1.20 bits per heavy atom. The van der Waals surface area contributed by atoms with Gasteiger partial charge in [-0.3, -0.25) is 9.59 Å². The molecular weight excluding hydrogens is 254 g/mol. The van der Waals surface area contributed by atoms with Crippen LogP contribution in [0.2, 0.25) is 0 Å². The van der Waals surface area contributed by atoms with E-state index in [4.69, 9.17) is 5.73 Å². The normalized spacial score (nSPS) is 23.9. The van der Waals surface area contributed by atoms with Gasteiger partial charge in [0.2, 0.25) is 11.8 Å². The van der Waals surface area contributed by atoms with Gasteiger partial charge in [-0.05, 0) is 33.6 Å². The van der Waals surface area contributed by atoms with E-state index in [0.29, 0.717) is 0 Å². The molecule has 5 heteroatoms. The van der Waals surface area contributed by atoms with Crippen LogP contribution < -0.4 is 11.1 Å². The van der Waals surface area contributed by atoms with E-state index in [1.807, 2.05) is 20.8 Å². The largest absolute Gasteiger partial charge is 0.350 e. The molecule has 0 aliphatic heterocycles. The molecule has 0 bridgehead atoms. The number of rotatable bonds is 3. The number of amides is 2. The second-order valence-corrected chi connectivity index (χ2v) is 6.90. The summed E-state index contributed by atoms with van der Waals surface area (Å²) in [6, 6.07) is -0.0712. The van der Waals surface area contributed by atoms with E-state index in [9.17, 15) is 9.59 Å². The molecule has 2 unspecified atom stereocenters. The number of likely N-dealkylation sites (N-methyl/N-ethyl adjacent to an activating group) is 1. The maximum atomic E-state index is 12.4. The Morgan fingerprint density at radius 3 is 2.40 bits per heavy atom. The minimum Gasteiger partial charge on any atom is -0.350 e. The summed E-state index contributed by atoms with van der Waals surface area (Å²) in [6.45, 7) is 5.87. The van der Waals surface area contributed by atoms with E-state index in [-0.39, 0.29) is 35.9 Å². The summed E-state index contributed by atoms with van der Waals surface area (Å²) >= 11 is 0. The average Bonchev–Trinajstić information content (AvgIpc) is 2.50. The lowest BCUT2D eigenvalue weighted by Crippen LogP contribution is -2.49. The van der Waals surface area contributed by atoms with Gasteiger partial charge >= 0.3 is 0 Å². The summed E-state index contributed by atoms with van der Waals surface area (Å²) in [5.74, 6) is -0.260. The van der Waals surface area contributed by atoms with E-state index in [1.165, 1.54) is 4.90 Å². The van der Waals surface area contributed by atoms with Gasteiger partial charge in [0, 0.05) is 18.6 Å². The Kier molecular flexibility index (Phi) is 5.99. The predicted octanol–water partition coefficient (Wildman–Crippen LogP) is 1.27. The second-order valence-electron chi connectivity index (χ2n) is 6.90. The molecule has 0 aromatic heterocycles. The lowest BCUT2D eigenvalue weighted by molar-refractivity contribution is -0.139. The molecule has 1 aliphatic carbocycles. The molecule has 0 saturated heterocycles. The number of nitrogens with two attached hydrogens (primary N) is 1. The van der Waals surface area contributed by atoms with Gasteiger partial charge < -0.3 is 16.0 Å². The molecule has 1 rings (SSSR count). The van der Waals surface area contributed by atoms with E-state index < -0.39 is 0 Å². The number of carbonyl (C=O) groups excluding carboxylic acids is 2. The van der Waals surface area contributed by atoms with Gasteiger partial charge in [0.15, 0.2) is 0 Å². The lowest BCUT2D eigenvalue weighted by atomic mass is 9.94. The van der Waals surface area contributed by atoms with Gasteiger partial charge in [0.05, 0.1) is 12.5 Å². The van der Waals surface area contributed by atoms with Gasteiger partial charge in [0.25, 0.3) is 0 Å². The Bertz CT molecular complexity index is 350. The quantitative estimate of drug-likeness (QED) is 0.766. The summed E-state index contributed by atoms with van der Waals surface area (Å²) in [5, 5.41) is 2.87. The van der Waals surface area contributed by atoms with E-state index >= 15 is 0 Å². The Morgan fingerprint density at radius 2 is 1.80 bits per heavy atom. The Labute approximate surface area is 122 Å². The average molecular weight is 283 g/mol. The molecule has 116 valence electrons. The van der Waals surface area contributed by atoms with Crippen LogP contribution >= 0.6 is 0 Å². The molecule has 1 aliphatic rings. The highest BCUT2D eigenvalue weighted by molar-refractivity contribution is 5.86. The molecule has 0 heterocycles. The fourth-order valence-electron chi connectivity index (χ4n) is 2.68. The molecule has 20 heavy (non-hydrogen) atoms. The van der Waals surface area contributed by atoms with Crippen molar-refractivity contribution in [1.29, 1.82) is 0 Å². The van der Waals surface area contributed by atoms with E-state index in [2.05, 4.69) is 5.32 Å². The highest BCUT2D eigenvalue weighted by Crippen LogP contribution is 2.23. The zero-order valence-corrected chi connectivity index (χ0v) is 13.2. The first kappa shape index (κ1) is 17.0. The maximum absolute atomic E-state index is 12.4. The molecule has 0 aromatic rings. The molecule has 1 saturated carbocycles. The van der Waals surface area contributed by atoms with Crippen molar-refractivity contribution in [3.05, 3.63) is 0 Å². The topological polar surface area (TPSA) is 75.4 Å². The smallest absolute Gasteiger partial charge is 0.240 e. The van der Waals surface area contributed by atoms with Crippen molar-refractivity contribution >= 4 is 11.8 Å². The van der Waals surface area contributed by atoms with E-state index in [1.54, 1.807) is 7.05 Å². The van der Waals surface area contributed by atoms with Crippen LogP contribution in [0.3, 0.4) is 0 Å². The summed E-state index contributed by atoms with van der Waals surface area (Å²) < 4.78 is 0. The van der Waals surface area contributed by atoms with Crippen molar-refractivity contribution in [2.24, 2.45) is 11.7 Å². The first-order chi connectivity index (χ1) is 9.20. The minimum atomic E-state index is -0.278. The Balaban J connectivity index is 2.55. The SMILES string of the molecule is CN(CC(=O)NC(C)(C)C)C(=O)C1CCCCCC1N. The summed E-state index contributed by atoms with van der Waals surface area (Å²) in [4.78, 5) is 25.8. The number of carbonyl (C=O) groups is 2. The fraction of sp³-hybridized carbons (Fsp3) is 0.867. The van der Waals surface area contributed by atoms with Gasteiger partial charge in [-0.15, -0.1) is 0 Å². The molecule has 0 aromatic carbocycles. The van der Waals surface area contributed by atoms with Crippen LogP contribution in [0.5, 0.6) is 0 Å². The summed E-state index contributed by atoms with van der Waals surface area (Å²) in [6.07, 6.45) is 5.03. The van der Waals surface area contributed by atoms with Gasteiger partial charge in [-0.1, -0.05) is 19.3 Å². The minimum absolute atomic E-state index is 0.00320. The molecule has 3 N–H and O–H groups in total. The number of nitrogens with zero attached hydrogens (tertiary/aromatic N) is 1. The van der Waals surface area contributed by atoms with Crippen LogP contribution in [-0.4, -0.2) is 41.9 Å². The van der Waals surface area contributed by atoms with Crippen molar-refractivity contribution in [2.75, 3.05) is 13.6 Å². The van der Waals surface area contributed by atoms with Crippen molar-refractivity contribution in [3.8, 4) is 0 Å². The van der Waals surface area contributed by atoms with Crippen molar-refractivity contribution in [1.82, 2.24) is 10.2 Å². The first-order valence-corrected chi connectivity index (χ1v) is 7.52. The summed E-state index contributed by atoms with van der Waals surface area (Å²) in [5.41, 5.74) is 5.82. The maximum Gasteiger partial charge on any atom is 0.240 e. The molecule has 5 nitrogen and oxygen atoms in total. The number of hydrogen-bond acceptors (Lipinski definition) is 3. The zero-order chi connectivity index (χ0) is 15.3. The van der Waals surface area contributed by atoms with Gasteiger partial charge in [-0.2, -0.15) is 0 Å². The molecule has 0 radical (unpaired) electrons. The molecule has 1 fully saturated rings. The van der Waals surface area contributed by atoms with Crippen molar-refractivity contribution in [3.63, 3.8) is 0 Å². The monoisotopic (exact) mass is 283 g/mol. The molecule has 0 spiro atoms. The third-order valence-corrected chi connectivity index (χ3v) is 3.66. The first-order valence-electron chi connectivity index (χ1n) is 7.52. The number of nitrogens with one attached hydrogen (secondary N) is 1. The van der Waals surface area contributed by atoms with Crippen molar-refractivity contribution in [2.45, 2.75) is 64.5 Å². The second kappa shape index (κ2) is 7.07. The lowest BCUT2D eigenvalue weighted by Gasteiger charge is -2.27. The predicted molar refractivity (Wildman–Crippen MR) is 80.1 cm³/mol. The Hall–Kier alpha value is -1.10. The zero-order valence-electron chi connectivity index (χ0n) is 13.2. The van der Waals surface area contributed by atoms with Crippen LogP contribution in [0.4, 0.5) is 0 Å². The fourth-order valence-corrected chi connectivity index (χ4v) is 2.68. The summed E-state index contributed by atoms with van der Waals surface area (Å²) in [7, 11) is 1.68.